The van der Waals surface area contributed by atoms with Crippen LogP contribution in [0.15, 0.2) is 36.4 Å². The first-order chi connectivity index (χ1) is 11.9. The number of hydrogen-bond donors (Lipinski definition) is 1. The molecule has 0 atom stereocenters. The minimum absolute atomic E-state index is 0.0423. The summed E-state index contributed by atoms with van der Waals surface area (Å²) in [7, 11) is 0. The molecule has 9 heteroatoms. The van der Waals surface area contributed by atoms with E-state index in [2.05, 4.69) is 24.9 Å². The number of aromatic nitrogens is 3. The number of halogens is 3. The van der Waals surface area contributed by atoms with Gasteiger partial charge in [-0.2, -0.15) is 5.26 Å². The summed E-state index contributed by atoms with van der Waals surface area (Å²) in [5.74, 6) is -0.109. The minimum Gasteiger partial charge on any atom is -0.395 e. The molecule has 0 spiro atoms. The van der Waals surface area contributed by atoms with Crippen LogP contribution in [0.4, 0.5) is 8.78 Å². The van der Waals surface area contributed by atoms with E-state index in [1.807, 2.05) is 6.07 Å². The van der Waals surface area contributed by atoms with Crippen LogP contribution >= 0.6 is 11.6 Å². The molecule has 1 N–H and O–H groups in total. The Kier molecular flexibility index (Phi) is 3.33. The lowest BCUT2D eigenvalue weighted by Gasteiger charge is -2.07. The number of nitriles is 1. The average molecular weight is 361 g/mol. The van der Waals surface area contributed by atoms with Gasteiger partial charge in [0, 0.05) is 10.6 Å². The van der Waals surface area contributed by atoms with Crippen molar-refractivity contribution in [2.24, 2.45) is 0 Å². The molecule has 0 aliphatic carbocycles. The molecule has 0 saturated carbocycles. The molecule has 0 bridgehead atoms. The molecule has 25 heavy (non-hydrogen) atoms. The quantitative estimate of drug-likeness (QED) is 0.747. The summed E-state index contributed by atoms with van der Waals surface area (Å²) < 4.78 is 35.2. The fourth-order valence-electron chi connectivity index (χ4n) is 2.53. The van der Waals surface area contributed by atoms with Crippen LogP contribution in [-0.4, -0.2) is 21.7 Å². The van der Waals surface area contributed by atoms with Crippen molar-refractivity contribution in [3.8, 4) is 40.0 Å². The second-order valence-corrected chi connectivity index (χ2v) is 5.64. The molecule has 0 fully saturated rings. The van der Waals surface area contributed by atoms with Gasteiger partial charge >= 0.3 is 6.29 Å². The number of hydrogen-bond acceptors (Lipinski definition) is 5. The molecular weight excluding hydrogens is 354 g/mol. The van der Waals surface area contributed by atoms with E-state index in [0.29, 0.717) is 27.4 Å². The summed E-state index contributed by atoms with van der Waals surface area (Å²) in [5, 5.41) is 19.4. The maximum absolute atomic E-state index is 13.2. The number of alkyl halides is 2. The standard InChI is InChI=1S/C16H7ClF2N4O2/c17-11-4-9(3-10(5-11)15-12(7-20)21-23-22-15)8-1-2-13-14(6-8)25-16(18,19)24-13/h1-6H,(H,21,22,23). The monoisotopic (exact) mass is 360 g/mol. The lowest BCUT2D eigenvalue weighted by molar-refractivity contribution is -0.286. The van der Waals surface area contributed by atoms with E-state index in [1.165, 1.54) is 12.1 Å². The fraction of sp³-hybridized carbons (Fsp3) is 0.0625. The van der Waals surface area contributed by atoms with Crippen molar-refractivity contribution in [1.29, 1.82) is 5.26 Å². The second kappa shape index (κ2) is 5.43. The number of H-pyrrole nitrogens is 1. The highest BCUT2D eigenvalue weighted by atomic mass is 35.5. The molecular formula is C16H7ClF2N4O2. The summed E-state index contributed by atoms with van der Waals surface area (Å²) in [6.07, 6.45) is -3.68. The van der Waals surface area contributed by atoms with E-state index >= 15 is 0 Å². The molecule has 0 amide bonds. The highest BCUT2D eigenvalue weighted by Crippen LogP contribution is 2.43. The third-order valence-electron chi connectivity index (χ3n) is 3.57. The Morgan fingerprint density at radius 2 is 1.80 bits per heavy atom. The molecule has 0 saturated heterocycles. The molecule has 4 rings (SSSR count). The van der Waals surface area contributed by atoms with Gasteiger partial charge in [0.15, 0.2) is 17.2 Å². The fourth-order valence-corrected chi connectivity index (χ4v) is 2.76. The van der Waals surface area contributed by atoms with E-state index in [1.54, 1.807) is 24.3 Å². The van der Waals surface area contributed by atoms with Crippen molar-refractivity contribution in [1.82, 2.24) is 15.4 Å². The second-order valence-electron chi connectivity index (χ2n) is 5.20. The van der Waals surface area contributed by atoms with Crippen molar-refractivity contribution < 1.29 is 18.3 Å². The molecule has 124 valence electrons. The summed E-state index contributed by atoms with van der Waals surface area (Å²) >= 11 is 6.16. The van der Waals surface area contributed by atoms with Crippen molar-refractivity contribution in [2.75, 3.05) is 0 Å². The Hall–Kier alpha value is -3.18. The molecule has 1 aliphatic rings. The zero-order valence-electron chi connectivity index (χ0n) is 12.3. The smallest absolute Gasteiger partial charge is 0.395 e. The van der Waals surface area contributed by atoms with Crippen molar-refractivity contribution in [3.05, 3.63) is 47.1 Å². The van der Waals surface area contributed by atoms with Gasteiger partial charge in [-0.15, -0.1) is 13.9 Å². The van der Waals surface area contributed by atoms with Crippen LogP contribution in [0.3, 0.4) is 0 Å². The van der Waals surface area contributed by atoms with E-state index in [4.69, 9.17) is 16.9 Å². The van der Waals surface area contributed by atoms with Crippen LogP contribution in [0.5, 0.6) is 11.5 Å². The molecule has 1 aliphatic heterocycles. The van der Waals surface area contributed by atoms with Crippen LogP contribution in [0, 0.1) is 11.3 Å². The van der Waals surface area contributed by atoms with Crippen molar-refractivity contribution >= 4 is 11.6 Å². The molecule has 1 aromatic heterocycles. The third kappa shape index (κ3) is 2.75. The van der Waals surface area contributed by atoms with Crippen LogP contribution in [-0.2, 0) is 0 Å². The Balaban J connectivity index is 1.79. The SMILES string of the molecule is N#Cc1[nH]nnc1-c1cc(Cl)cc(-c2ccc3c(c2)OC(F)(F)O3)c1. The van der Waals surface area contributed by atoms with Crippen LogP contribution in [0.1, 0.15) is 5.69 Å². The Labute approximate surface area is 144 Å². The topological polar surface area (TPSA) is 83.8 Å². The number of benzene rings is 2. The number of aromatic amines is 1. The summed E-state index contributed by atoms with van der Waals surface area (Å²) in [5.41, 5.74) is 2.33. The molecule has 2 heterocycles. The summed E-state index contributed by atoms with van der Waals surface area (Å²) in [6.45, 7) is 0. The highest BCUT2D eigenvalue weighted by Gasteiger charge is 2.43. The Bertz CT molecular complexity index is 1030. The van der Waals surface area contributed by atoms with Gasteiger partial charge in [-0.1, -0.05) is 22.9 Å². The van der Waals surface area contributed by atoms with Crippen molar-refractivity contribution in [2.45, 2.75) is 6.29 Å². The average Bonchev–Trinajstić information content (AvgIpc) is 3.15. The van der Waals surface area contributed by atoms with Gasteiger partial charge in [0.1, 0.15) is 11.8 Å². The molecule has 6 nitrogen and oxygen atoms in total. The van der Waals surface area contributed by atoms with Crippen LogP contribution in [0.25, 0.3) is 22.4 Å². The number of ether oxygens (including phenoxy) is 2. The summed E-state index contributed by atoms with van der Waals surface area (Å²) in [6, 6.07) is 11.4. The number of nitrogens with zero attached hydrogens (tertiary/aromatic N) is 3. The molecule has 2 aromatic carbocycles. The van der Waals surface area contributed by atoms with Gasteiger partial charge in [-0.25, -0.2) is 5.10 Å². The zero-order valence-corrected chi connectivity index (χ0v) is 13.0. The molecule has 0 radical (unpaired) electrons. The third-order valence-corrected chi connectivity index (χ3v) is 3.78. The van der Waals surface area contributed by atoms with Crippen molar-refractivity contribution in [3.63, 3.8) is 0 Å². The first-order valence-corrected chi connectivity index (χ1v) is 7.35. The van der Waals surface area contributed by atoms with Gasteiger partial charge in [0.05, 0.1) is 0 Å². The first-order valence-electron chi connectivity index (χ1n) is 6.97. The maximum atomic E-state index is 13.2. The lowest BCUT2D eigenvalue weighted by atomic mass is 10.0. The van der Waals surface area contributed by atoms with Gasteiger partial charge in [0.2, 0.25) is 0 Å². The Morgan fingerprint density at radius 1 is 1.04 bits per heavy atom. The normalized spacial score (nSPS) is 14.3. The summed E-state index contributed by atoms with van der Waals surface area (Å²) in [4.78, 5) is 0. The van der Waals surface area contributed by atoms with Crippen LogP contribution in [0.2, 0.25) is 5.02 Å². The number of fused-ring (bicyclic) bond motifs is 1. The van der Waals surface area contributed by atoms with E-state index < -0.39 is 6.29 Å². The van der Waals surface area contributed by atoms with E-state index in [-0.39, 0.29) is 17.2 Å². The number of rotatable bonds is 2. The van der Waals surface area contributed by atoms with Gasteiger partial charge in [-0.05, 0) is 41.5 Å². The largest absolute Gasteiger partial charge is 0.586 e. The minimum atomic E-state index is -3.68. The number of nitrogens with one attached hydrogen (secondary N) is 1. The maximum Gasteiger partial charge on any atom is 0.586 e. The zero-order chi connectivity index (χ0) is 17.6. The van der Waals surface area contributed by atoms with Gasteiger partial charge in [-0.3, -0.25) is 0 Å². The van der Waals surface area contributed by atoms with E-state index in [9.17, 15) is 8.78 Å². The molecule has 3 aromatic rings. The van der Waals surface area contributed by atoms with Crippen LogP contribution < -0.4 is 9.47 Å². The first kappa shape index (κ1) is 15.4. The Morgan fingerprint density at radius 3 is 2.60 bits per heavy atom. The predicted octanol–water partition coefficient (Wildman–Crippen LogP) is 3.99. The highest BCUT2D eigenvalue weighted by molar-refractivity contribution is 6.31. The lowest BCUT2D eigenvalue weighted by Crippen LogP contribution is -2.25. The predicted molar refractivity (Wildman–Crippen MR) is 83.2 cm³/mol. The molecule has 0 unspecified atom stereocenters. The van der Waals surface area contributed by atoms with Gasteiger partial charge < -0.3 is 9.47 Å². The van der Waals surface area contributed by atoms with Gasteiger partial charge in [0.25, 0.3) is 0 Å². The van der Waals surface area contributed by atoms with E-state index in [0.717, 1.165) is 0 Å².